The van der Waals surface area contributed by atoms with E-state index in [9.17, 15) is 4.39 Å². The maximum atomic E-state index is 13.7. The van der Waals surface area contributed by atoms with Gasteiger partial charge in [0.2, 0.25) is 5.95 Å². The smallest absolute Gasteiger partial charge is 0.216 e. The minimum absolute atomic E-state index is 0.225. The van der Waals surface area contributed by atoms with Crippen molar-refractivity contribution in [3.05, 3.63) is 54.1 Å². The number of aromatic nitrogens is 4. The fourth-order valence-corrected chi connectivity index (χ4v) is 3.26. The molecule has 0 atom stereocenters. The van der Waals surface area contributed by atoms with Crippen LogP contribution in [0.15, 0.2) is 42.7 Å². The van der Waals surface area contributed by atoms with E-state index in [2.05, 4.69) is 22.5 Å². The number of halogens is 1. The van der Waals surface area contributed by atoms with E-state index >= 15 is 0 Å². The van der Waals surface area contributed by atoms with Gasteiger partial charge in [-0.3, -0.25) is 4.57 Å². The molecule has 0 saturated heterocycles. The van der Waals surface area contributed by atoms with E-state index in [1.54, 1.807) is 12.1 Å². The van der Waals surface area contributed by atoms with Gasteiger partial charge in [-0.1, -0.05) is 12.1 Å². The summed E-state index contributed by atoms with van der Waals surface area (Å²) in [6.07, 6.45) is 4.04. The minimum atomic E-state index is -0.225. The second-order valence-corrected chi connectivity index (χ2v) is 6.20. The largest absolute Gasteiger partial charge is 0.306 e. The molecule has 1 fully saturated rings. The van der Waals surface area contributed by atoms with Gasteiger partial charge in [0, 0.05) is 6.04 Å². The Bertz CT molecular complexity index is 1060. The van der Waals surface area contributed by atoms with Crippen LogP contribution in [0.2, 0.25) is 0 Å². The number of hydrogen-bond donors (Lipinski definition) is 0. The first-order chi connectivity index (χ1) is 11.2. The van der Waals surface area contributed by atoms with Crippen LogP contribution in [-0.4, -0.2) is 19.1 Å². The van der Waals surface area contributed by atoms with Crippen molar-refractivity contribution in [3.8, 4) is 5.95 Å². The highest BCUT2D eigenvalue weighted by Gasteiger charge is 2.29. The lowest BCUT2D eigenvalue weighted by Crippen LogP contribution is -2.04. The molecule has 114 valence electrons. The Morgan fingerprint density at radius 3 is 2.83 bits per heavy atom. The normalized spacial score (nSPS) is 14.9. The van der Waals surface area contributed by atoms with E-state index in [4.69, 9.17) is 4.98 Å². The molecule has 2 aromatic carbocycles. The summed E-state index contributed by atoms with van der Waals surface area (Å²) in [6.45, 7) is 2.05. The number of benzene rings is 2. The van der Waals surface area contributed by atoms with Gasteiger partial charge >= 0.3 is 0 Å². The van der Waals surface area contributed by atoms with Gasteiger partial charge in [0.1, 0.15) is 12.1 Å². The maximum absolute atomic E-state index is 13.7. The quantitative estimate of drug-likeness (QED) is 0.557. The van der Waals surface area contributed by atoms with Gasteiger partial charge in [0.05, 0.1) is 22.1 Å². The molecule has 2 heterocycles. The minimum Gasteiger partial charge on any atom is -0.306 e. The van der Waals surface area contributed by atoms with Crippen molar-refractivity contribution < 1.29 is 4.39 Å². The monoisotopic (exact) mass is 306 g/mol. The Morgan fingerprint density at radius 1 is 1.13 bits per heavy atom. The number of para-hydroxylation sites is 1. The zero-order valence-corrected chi connectivity index (χ0v) is 12.7. The third-order valence-corrected chi connectivity index (χ3v) is 4.54. The predicted molar refractivity (Wildman–Crippen MR) is 87.3 cm³/mol. The van der Waals surface area contributed by atoms with Crippen LogP contribution in [0.25, 0.3) is 28.0 Å². The van der Waals surface area contributed by atoms with Gasteiger partial charge in [-0.05, 0) is 49.6 Å². The molecule has 5 heteroatoms. The van der Waals surface area contributed by atoms with Crippen molar-refractivity contribution >= 4 is 22.1 Å². The Balaban J connectivity index is 1.85. The Kier molecular flexibility index (Phi) is 2.46. The number of nitrogens with zero attached hydrogens (tertiary/aromatic N) is 4. The van der Waals surface area contributed by atoms with E-state index in [0.29, 0.717) is 6.04 Å². The third-order valence-electron chi connectivity index (χ3n) is 4.54. The molecule has 1 saturated carbocycles. The van der Waals surface area contributed by atoms with Crippen LogP contribution in [0, 0.1) is 12.7 Å². The fourth-order valence-electron chi connectivity index (χ4n) is 3.26. The average Bonchev–Trinajstić information content (AvgIpc) is 3.17. The second kappa shape index (κ2) is 4.41. The average molecular weight is 306 g/mol. The molecule has 1 aliphatic carbocycles. The van der Waals surface area contributed by atoms with Gasteiger partial charge in [-0.25, -0.2) is 14.4 Å². The van der Waals surface area contributed by atoms with Crippen LogP contribution in [0.3, 0.4) is 0 Å². The SMILES string of the molecule is Cc1cccc2c1ncn2-c1nc2ccc(F)cc2n1C1CC1. The van der Waals surface area contributed by atoms with Crippen LogP contribution >= 0.6 is 0 Å². The van der Waals surface area contributed by atoms with Crippen molar-refractivity contribution in [2.24, 2.45) is 0 Å². The number of imidazole rings is 2. The lowest BCUT2D eigenvalue weighted by atomic mass is 10.2. The van der Waals surface area contributed by atoms with Gasteiger partial charge in [0.15, 0.2) is 0 Å². The van der Waals surface area contributed by atoms with Crippen molar-refractivity contribution in [3.63, 3.8) is 0 Å². The predicted octanol–water partition coefficient (Wildman–Crippen LogP) is 4.16. The lowest BCUT2D eigenvalue weighted by Gasteiger charge is -2.09. The zero-order chi connectivity index (χ0) is 15.6. The molecule has 0 aliphatic heterocycles. The van der Waals surface area contributed by atoms with Crippen LogP contribution in [-0.2, 0) is 0 Å². The first-order valence-electron chi connectivity index (χ1n) is 7.83. The molecule has 0 amide bonds. The topological polar surface area (TPSA) is 35.6 Å². The molecular weight excluding hydrogens is 291 g/mol. The molecule has 2 aromatic heterocycles. The fraction of sp³-hybridized carbons (Fsp3) is 0.222. The maximum Gasteiger partial charge on any atom is 0.216 e. The summed E-state index contributed by atoms with van der Waals surface area (Å²) in [7, 11) is 0. The van der Waals surface area contributed by atoms with Crippen LogP contribution in [0.4, 0.5) is 4.39 Å². The van der Waals surface area contributed by atoms with Gasteiger partial charge in [-0.15, -0.1) is 0 Å². The summed E-state index contributed by atoms with van der Waals surface area (Å²) >= 11 is 0. The van der Waals surface area contributed by atoms with Crippen molar-refractivity contribution in [1.29, 1.82) is 0 Å². The first-order valence-corrected chi connectivity index (χ1v) is 7.83. The number of fused-ring (bicyclic) bond motifs is 2. The van der Waals surface area contributed by atoms with Crippen LogP contribution in [0.1, 0.15) is 24.4 Å². The summed E-state index contributed by atoms with van der Waals surface area (Å²) in [5.41, 5.74) is 4.83. The third kappa shape index (κ3) is 1.82. The Hall–Kier alpha value is -2.69. The standard InChI is InChI=1S/C18H15FN4/c1-11-3-2-4-15-17(11)20-10-22(15)18-21-14-8-5-12(19)9-16(14)23(18)13-6-7-13/h2-5,8-10,13H,6-7H2,1H3. The molecule has 4 aromatic rings. The molecule has 0 unspecified atom stereocenters. The number of rotatable bonds is 2. The highest BCUT2D eigenvalue weighted by molar-refractivity contribution is 5.82. The van der Waals surface area contributed by atoms with E-state index < -0.39 is 0 Å². The van der Waals surface area contributed by atoms with E-state index in [0.717, 1.165) is 46.4 Å². The number of hydrogen-bond acceptors (Lipinski definition) is 2. The van der Waals surface area contributed by atoms with Crippen molar-refractivity contribution in [2.75, 3.05) is 0 Å². The van der Waals surface area contributed by atoms with Crippen LogP contribution in [0.5, 0.6) is 0 Å². The Labute approximate surface area is 132 Å². The van der Waals surface area contributed by atoms with E-state index in [1.807, 2.05) is 23.0 Å². The van der Waals surface area contributed by atoms with E-state index in [-0.39, 0.29) is 5.82 Å². The second-order valence-electron chi connectivity index (χ2n) is 6.20. The highest BCUT2D eigenvalue weighted by Crippen LogP contribution is 2.40. The van der Waals surface area contributed by atoms with Gasteiger partial charge < -0.3 is 4.57 Å². The molecule has 0 radical (unpaired) electrons. The molecule has 23 heavy (non-hydrogen) atoms. The van der Waals surface area contributed by atoms with Crippen molar-refractivity contribution in [1.82, 2.24) is 19.1 Å². The summed E-state index contributed by atoms with van der Waals surface area (Å²) in [6, 6.07) is 11.3. The zero-order valence-electron chi connectivity index (χ0n) is 12.7. The number of aryl methyl sites for hydroxylation is 1. The Morgan fingerprint density at radius 2 is 2.00 bits per heavy atom. The summed E-state index contributed by atoms with van der Waals surface area (Å²) < 4.78 is 17.9. The summed E-state index contributed by atoms with van der Waals surface area (Å²) in [5, 5.41) is 0. The van der Waals surface area contributed by atoms with E-state index in [1.165, 1.54) is 6.07 Å². The summed E-state index contributed by atoms with van der Waals surface area (Å²) in [5.74, 6) is 0.596. The molecule has 0 bridgehead atoms. The first kappa shape index (κ1) is 12.8. The highest BCUT2D eigenvalue weighted by atomic mass is 19.1. The van der Waals surface area contributed by atoms with Gasteiger partial charge in [-0.2, -0.15) is 0 Å². The van der Waals surface area contributed by atoms with Crippen LogP contribution < -0.4 is 0 Å². The molecule has 0 spiro atoms. The summed E-state index contributed by atoms with van der Waals surface area (Å²) in [4.78, 5) is 9.30. The van der Waals surface area contributed by atoms with Gasteiger partial charge in [0.25, 0.3) is 0 Å². The van der Waals surface area contributed by atoms with Crippen molar-refractivity contribution in [2.45, 2.75) is 25.8 Å². The lowest BCUT2D eigenvalue weighted by molar-refractivity contribution is 0.627. The molecule has 4 nitrogen and oxygen atoms in total. The molecule has 5 rings (SSSR count). The molecule has 1 aliphatic rings. The molecule has 0 N–H and O–H groups in total. The molecular formula is C18H15FN4.